The number of amides is 1. The summed E-state index contributed by atoms with van der Waals surface area (Å²) in [5.41, 5.74) is 0. The van der Waals surface area contributed by atoms with Crippen molar-refractivity contribution in [3.05, 3.63) is 0 Å². The highest BCUT2D eigenvalue weighted by atomic mass is 16.5. The number of carbonyl (C=O) groups is 2. The zero-order valence-electron chi connectivity index (χ0n) is 9.11. The minimum absolute atomic E-state index is 0.0667. The van der Waals surface area contributed by atoms with Crippen molar-refractivity contribution in [1.29, 1.82) is 0 Å². The number of hydrogen-bond acceptors (Lipinski definition) is 4. The summed E-state index contributed by atoms with van der Waals surface area (Å²) in [6.45, 7) is 6.93. The van der Waals surface area contributed by atoms with E-state index in [2.05, 4.69) is 0 Å². The first kappa shape index (κ1) is 12.9. The van der Waals surface area contributed by atoms with Gasteiger partial charge in [-0.15, -0.1) is 0 Å². The molecule has 1 atom stereocenters. The summed E-state index contributed by atoms with van der Waals surface area (Å²) in [5.74, 6) is 4.60. The van der Waals surface area contributed by atoms with Crippen LogP contribution in [0.2, 0.25) is 0 Å². The molecular weight excluding hydrogens is 184 g/mol. The van der Waals surface area contributed by atoms with Gasteiger partial charge in [-0.25, -0.2) is 10.6 Å². The second-order valence-corrected chi connectivity index (χ2v) is 3.37. The summed E-state index contributed by atoms with van der Waals surface area (Å²) < 4.78 is 4.82. The van der Waals surface area contributed by atoms with Gasteiger partial charge in [0.25, 0.3) is 0 Å². The van der Waals surface area contributed by atoms with E-state index in [0.29, 0.717) is 0 Å². The molecule has 0 saturated carbocycles. The molecule has 82 valence electrons. The summed E-state index contributed by atoms with van der Waals surface area (Å²) in [5, 5.41) is 0.919. The van der Waals surface area contributed by atoms with E-state index in [1.807, 2.05) is 13.8 Å². The van der Waals surface area contributed by atoms with E-state index in [1.54, 1.807) is 6.92 Å². The molecule has 0 aromatic carbocycles. The molecule has 14 heavy (non-hydrogen) atoms. The van der Waals surface area contributed by atoms with Gasteiger partial charge in [-0.1, -0.05) is 13.8 Å². The lowest BCUT2D eigenvalue weighted by Crippen LogP contribution is -2.52. The zero-order valence-corrected chi connectivity index (χ0v) is 9.11. The molecule has 1 amide bonds. The van der Waals surface area contributed by atoms with Gasteiger partial charge < -0.3 is 4.74 Å². The van der Waals surface area contributed by atoms with Crippen molar-refractivity contribution in [3.8, 4) is 0 Å². The number of esters is 1. The Bertz CT molecular complexity index is 216. The molecule has 0 fully saturated rings. The third-order valence-corrected chi connectivity index (χ3v) is 1.82. The fourth-order valence-electron chi connectivity index (χ4n) is 1.13. The summed E-state index contributed by atoms with van der Waals surface area (Å²) in [4.78, 5) is 22.4. The van der Waals surface area contributed by atoms with Gasteiger partial charge in [-0.2, -0.15) is 0 Å². The Balaban J connectivity index is 4.59. The first-order valence-corrected chi connectivity index (χ1v) is 4.62. The van der Waals surface area contributed by atoms with Crippen LogP contribution in [0.1, 0.15) is 27.7 Å². The average molecular weight is 202 g/mol. The van der Waals surface area contributed by atoms with E-state index in [9.17, 15) is 9.59 Å². The van der Waals surface area contributed by atoms with Crippen LogP contribution in [0.3, 0.4) is 0 Å². The summed E-state index contributed by atoms with van der Waals surface area (Å²) >= 11 is 0. The predicted molar refractivity (Wildman–Crippen MR) is 52.0 cm³/mol. The smallest absolute Gasteiger partial charge is 0.330 e. The van der Waals surface area contributed by atoms with Gasteiger partial charge in [-0.05, 0) is 12.8 Å². The van der Waals surface area contributed by atoms with Crippen molar-refractivity contribution in [2.45, 2.75) is 33.7 Å². The molecule has 0 aliphatic heterocycles. The van der Waals surface area contributed by atoms with Crippen LogP contribution in [0.25, 0.3) is 0 Å². The molecule has 0 radical (unpaired) electrons. The van der Waals surface area contributed by atoms with Crippen molar-refractivity contribution < 1.29 is 14.3 Å². The van der Waals surface area contributed by atoms with Crippen molar-refractivity contribution in [2.24, 2.45) is 11.8 Å². The van der Waals surface area contributed by atoms with Gasteiger partial charge >= 0.3 is 5.97 Å². The Morgan fingerprint density at radius 1 is 1.43 bits per heavy atom. The SMILES string of the molecule is CCOC(=O)C(C(C)C)N(N)C(C)=O. The lowest BCUT2D eigenvalue weighted by Gasteiger charge is -2.27. The molecule has 0 aliphatic carbocycles. The van der Waals surface area contributed by atoms with Crippen LogP contribution >= 0.6 is 0 Å². The number of ether oxygens (including phenoxy) is 1. The quantitative estimate of drug-likeness (QED) is 0.308. The highest BCUT2D eigenvalue weighted by molar-refractivity contribution is 5.83. The minimum Gasteiger partial charge on any atom is -0.464 e. The van der Waals surface area contributed by atoms with Gasteiger partial charge in [0, 0.05) is 6.92 Å². The van der Waals surface area contributed by atoms with Crippen LogP contribution in [0.4, 0.5) is 0 Å². The third-order valence-electron chi connectivity index (χ3n) is 1.82. The fourth-order valence-corrected chi connectivity index (χ4v) is 1.13. The molecule has 0 saturated heterocycles. The Labute approximate surface area is 84.2 Å². The van der Waals surface area contributed by atoms with Crippen LogP contribution in [0.15, 0.2) is 0 Å². The average Bonchev–Trinajstić information content (AvgIpc) is 2.03. The van der Waals surface area contributed by atoms with Crippen LogP contribution in [0.5, 0.6) is 0 Å². The highest BCUT2D eigenvalue weighted by Gasteiger charge is 2.30. The number of hydrogen-bond donors (Lipinski definition) is 1. The molecule has 5 heteroatoms. The number of carbonyl (C=O) groups excluding carboxylic acids is 2. The lowest BCUT2D eigenvalue weighted by atomic mass is 10.0. The molecule has 2 N–H and O–H groups in total. The zero-order chi connectivity index (χ0) is 11.3. The summed E-state index contributed by atoms with van der Waals surface area (Å²) in [6.07, 6.45) is 0. The van der Waals surface area contributed by atoms with Crippen molar-refractivity contribution in [1.82, 2.24) is 5.01 Å². The maximum absolute atomic E-state index is 11.4. The van der Waals surface area contributed by atoms with Crippen molar-refractivity contribution in [3.63, 3.8) is 0 Å². The lowest BCUT2D eigenvalue weighted by molar-refractivity contribution is -0.156. The van der Waals surface area contributed by atoms with Gasteiger partial charge in [-0.3, -0.25) is 9.80 Å². The highest BCUT2D eigenvalue weighted by Crippen LogP contribution is 2.09. The molecule has 0 aliphatic rings. The number of hydrazine groups is 1. The maximum Gasteiger partial charge on any atom is 0.330 e. The van der Waals surface area contributed by atoms with Crippen LogP contribution in [0, 0.1) is 5.92 Å². The van der Waals surface area contributed by atoms with E-state index < -0.39 is 12.0 Å². The Hall–Kier alpha value is -1.10. The van der Waals surface area contributed by atoms with E-state index >= 15 is 0 Å². The van der Waals surface area contributed by atoms with Gasteiger partial charge in [0.15, 0.2) is 0 Å². The predicted octanol–water partition coefficient (Wildman–Crippen LogP) is 0.296. The van der Waals surface area contributed by atoms with Crippen LogP contribution < -0.4 is 5.84 Å². The molecule has 0 rings (SSSR count). The number of nitrogens with two attached hydrogens (primary N) is 1. The molecule has 0 spiro atoms. The Morgan fingerprint density at radius 3 is 2.21 bits per heavy atom. The van der Waals surface area contributed by atoms with Crippen molar-refractivity contribution in [2.75, 3.05) is 6.61 Å². The van der Waals surface area contributed by atoms with Crippen LogP contribution in [-0.2, 0) is 14.3 Å². The second kappa shape index (κ2) is 5.59. The molecule has 5 nitrogen and oxygen atoms in total. The van der Waals surface area contributed by atoms with E-state index in [4.69, 9.17) is 10.6 Å². The Kier molecular flexibility index (Phi) is 5.15. The van der Waals surface area contributed by atoms with E-state index in [1.165, 1.54) is 6.92 Å². The maximum atomic E-state index is 11.4. The number of nitrogens with zero attached hydrogens (tertiary/aromatic N) is 1. The largest absolute Gasteiger partial charge is 0.464 e. The summed E-state index contributed by atoms with van der Waals surface area (Å²) in [7, 11) is 0. The monoisotopic (exact) mass is 202 g/mol. The minimum atomic E-state index is -0.701. The van der Waals surface area contributed by atoms with Gasteiger partial charge in [0.1, 0.15) is 6.04 Å². The molecule has 0 aromatic heterocycles. The fraction of sp³-hybridized carbons (Fsp3) is 0.778. The molecule has 1 unspecified atom stereocenters. The first-order valence-electron chi connectivity index (χ1n) is 4.62. The molecular formula is C9H18N2O3. The third kappa shape index (κ3) is 3.33. The first-order chi connectivity index (χ1) is 6.41. The second-order valence-electron chi connectivity index (χ2n) is 3.37. The Morgan fingerprint density at radius 2 is 1.93 bits per heavy atom. The standard InChI is InChI=1S/C9H18N2O3/c1-5-14-9(13)8(6(2)3)11(10)7(4)12/h6,8H,5,10H2,1-4H3. The van der Waals surface area contributed by atoms with Crippen molar-refractivity contribution >= 4 is 11.9 Å². The number of rotatable bonds is 4. The topological polar surface area (TPSA) is 72.6 Å². The molecule has 0 bridgehead atoms. The normalized spacial score (nSPS) is 12.4. The molecule has 0 heterocycles. The molecule has 0 aromatic rings. The van der Waals surface area contributed by atoms with Gasteiger partial charge in [0.2, 0.25) is 5.91 Å². The summed E-state index contributed by atoms with van der Waals surface area (Å²) in [6, 6.07) is -0.701. The van der Waals surface area contributed by atoms with E-state index in [-0.39, 0.29) is 18.4 Å². The van der Waals surface area contributed by atoms with E-state index in [0.717, 1.165) is 5.01 Å². The van der Waals surface area contributed by atoms with Gasteiger partial charge in [0.05, 0.1) is 6.61 Å². The van der Waals surface area contributed by atoms with Crippen LogP contribution in [-0.4, -0.2) is 29.5 Å².